The summed E-state index contributed by atoms with van der Waals surface area (Å²) in [7, 11) is 0. The van der Waals surface area contributed by atoms with Gasteiger partial charge in [-0.25, -0.2) is 4.79 Å². The van der Waals surface area contributed by atoms with Gasteiger partial charge in [0.1, 0.15) is 5.78 Å². The molecule has 1 N–H and O–H groups in total. The number of carbonyl (C=O) groups is 2. The number of nitrogens with zero attached hydrogens (tertiary/aromatic N) is 1. The number of rotatable bonds is 0. The highest BCUT2D eigenvalue weighted by Crippen LogP contribution is 2.18. The van der Waals surface area contributed by atoms with E-state index < -0.39 is 6.09 Å². The van der Waals surface area contributed by atoms with Gasteiger partial charge in [-0.15, -0.1) is 0 Å². The van der Waals surface area contributed by atoms with E-state index in [-0.39, 0.29) is 17.7 Å². The van der Waals surface area contributed by atoms with Gasteiger partial charge in [0.05, 0.1) is 0 Å². The number of ketones is 1. The normalized spacial score (nSPS) is 30.5. The molecule has 1 unspecified atom stereocenters. The van der Waals surface area contributed by atoms with Gasteiger partial charge in [-0.05, 0) is 6.92 Å². The van der Waals surface area contributed by atoms with Crippen LogP contribution < -0.4 is 0 Å². The number of carbonyl (C=O) groups excluding carboxylic acids is 1. The Morgan fingerprint density at radius 1 is 1.58 bits per heavy atom. The summed E-state index contributed by atoms with van der Waals surface area (Å²) >= 11 is 0. The first-order valence-electron chi connectivity index (χ1n) is 4.04. The molecule has 1 heterocycles. The lowest BCUT2D eigenvalue weighted by molar-refractivity contribution is -0.126. The van der Waals surface area contributed by atoms with E-state index >= 15 is 0 Å². The maximum atomic E-state index is 11.2. The van der Waals surface area contributed by atoms with E-state index in [1.54, 1.807) is 13.8 Å². The standard InChI is InChI=1S/C8H13NO3/c1-5-4-9(8(11)12)6(2)3-7(5)10/h5-6H,3-4H2,1-2H3,(H,11,12)/t5?,6-/m0/s1. The monoisotopic (exact) mass is 171 g/mol. The van der Waals surface area contributed by atoms with Gasteiger partial charge in [0, 0.05) is 24.9 Å². The molecule has 0 aromatic heterocycles. The van der Waals surface area contributed by atoms with Crippen LogP contribution in [0.5, 0.6) is 0 Å². The molecule has 12 heavy (non-hydrogen) atoms. The zero-order valence-corrected chi connectivity index (χ0v) is 7.28. The second kappa shape index (κ2) is 3.13. The van der Waals surface area contributed by atoms with E-state index in [4.69, 9.17) is 5.11 Å². The molecule has 0 spiro atoms. The van der Waals surface area contributed by atoms with E-state index in [1.165, 1.54) is 4.90 Å². The van der Waals surface area contributed by atoms with Crippen LogP contribution in [-0.2, 0) is 4.79 Å². The molecular formula is C8H13NO3. The quantitative estimate of drug-likeness (QED) is 0.590. The second-order valence-corrected chi connectivity index (χ2v) is 3.36. The molecule has 0 saturated carbocycles. The van der Waals surface area contributed by atoms with Crippen molar-refractivity contribution in [2.24, 2.45) is 5.92 Å². The predicted octanol–water partition coefficient (Wildman–Crippen LogP) is 0.964. The molecule has 1 aliphatic heterocycles. The highest BCUT2D eigenvalue weighted by Gasteiger charge is 2.31. The Labute approximate surface area is 71.2 Å². The predicted molar refractivity (Wildman–Crippen MR) is 43.0 cm³/mol. The Balaban J connectivity index is 2.67. The lowest BCUT2D eigenvalue weighted by atomic mass is 9.94. The molecule has 1 saturated heterocycles. The minimum atomic E-state index is -0.929. The average Bonchev–Trinajstić information content (AvgIpc) is 1.96. The van der Waals surface area contributed by atoms with Crippen molar-refractivity contribution >= 4 is 11.9 Å². The molecular weight excluding hydrogens is 158 g/mol. The van der Waals surface area contributed by atoms with Crippen molar-refractivity contribution in [3.05, 3.63) is 0 Å². The van der Waals surface area contributed by atoms with Crippen LogP contribution in [-0.4, -0.2) is 34.5 Å². The SMILES string of the molecule is CC1CN(C(=O)O)[C@@H](C)CC1=O. The van der Waals surface area contributed by atoms with E-state index in [0.717, 1.165) is 0 Å². The maximum absolute atomic E-state index is 11.2. The van der Waals surface area contributed by atoms with E-state index in [1.807, 2.05) is 0 Å². The Bertz CT molecular complexity index is 214. The zero-order valence-electron chi connectivity index (χ0n) is 7.28. The van der Waals surface area contributed by atoms with Gasteiger partial charge >= 0.3 is 6.09 Å². The fourth-order valence-corrected chi connectivity index (χ4v) is 1.45. The summed E-state index contributed by atoms with van der Waals surface area (Å²) in [4.78, 5) is 23.1. The van der Waals surface area contributed by atoms with Gasteiger partial charge in [-0.1, -0.05) is 6.92 Å². The fourth-order valence-electron chi connectivity index (χ4n) is 1.45. The highest BCUT2D eigenvalue weighted by molar-refractivity contribution is 5.83. The minimum absolute atomic E-state index is 0.141. The van der Waals surface area contributed by atoms with Crippen LogP contribution >= 0.6 is 0 Å². The summed E-state index contributed by atoms with van der Waals surface area (Å²) in [6.07, 6.45) is -0.574. The molecule has 1 rings (SSSR count). The zero-order chi connectivity index (χ0) is 9.30. The molecule has 1 amide bonds. The number of hydrogen-bond acceptors (Lipinski definition) is 2. The smallest absolute Gasteiger partial charge is 0.407 e. The van der Waals surface area contributed by atoms with E-state index in [9.17, 15) is 9.59 Å². The van der Waals surface area contributed by atoms with Crippen molar-refractivity contribution in [3.8, 4) is 0 Å². The molecule has 1 fully saturated rings. The molecule has 1 aliphatic rings. The maximum Gasteiger partial charge on any atom is 0.407 e. The van der Waals surface area contributed by atoms with Gasteiger partial charge in [0.2, 0.25) is 0 Å². The number of hydrogen-bond donors (Lipinski definition) is 1. The van der Waals surface area contributed by atoms with Crippen molar-refractivity contribution in [3.63, 3.8) is 0 Å². The van der Waals surface area contributed by atoms with Gasteiger partial charge < -0.3 is 10.0 Å². The Kier molecular flexibility index (Phi) is 2.35. The molecule has 68 valence electrons. The number of Topliss-reactive ketones (excluding diaryl/α,β-unsaturated/α-hetero) is 1. The molecule has 0 aliphatic carbocycles. The minimum Gasteiger partial charge on any atom is -0.465 e. The van der Waals surface area contributed by atoms with Crippen LogP contribution in [0.15, 0.2) is 0 Å². The molecule has 0 aromatic rings. The molecule has 4 nitrogen and oxygen atoms in total. The van der Waals surface area contributed by atoms with Crippen molar-refractivity contribution in [2.45, 2.75) is 26.3 Å². The third kappa shape index (κ3) is 1.57. The van der Waals surface area contributed by atoms with Crippen molar-refractivity contribution < 1.29 is 14.7 Å². The molecule has 4 heteroatoms. The Morgan fingerprint density at radius 3 is 2.67 bits per heavy atom. The molecule has 2 atom stereocenters. The molecule has 0 aromatic carbocycles. The number of piperidine rings is 1. The summed E-state index contributed by atoms with van der Waals surface area (Å²) in [5.74, 6) is 0.0253. The van der Waals surface area contributed by atoms with Gasteiger partial charge in [-0.3, -0.25) is 4.79 Å². The first-order valence-corrected chi connectivity index (χ1v) is 4.04. The summed E-state index contributed by atoms with van der Waals surface area (Å²) in [5.41, 5.74) is 0. The van der Waals surface area contributed by atoms with Gasteiger partial charge in [0.25, 0.3) is 0 Å². The van der Waals surface area contributed by atoms with Crippen LogP contribution in [0.4, 0.5) is 4.79 Å². The number of carboxylic acid groups (broad SMARTS) is 1. The summed E-state index contributed by atoms with van der Waals surface area (Å²) in [5, 5.41) is 8.73. The third-order valence-corrected chi connectivity index (χ3v) is 2.29. The highest BCUT2D eigenvalue weighted by atomic mass is 16.4. The summed E-state index contributed by atoms with van der Waals surface area (Å²) < 4.78 is 0. The van der Waals surface area contributed by atoms with Gasteiger partial charge in [0.15, 0.2) is 0 Å². The largest absolute Gasteiger partial charge is 0.465 e. The van der Waals surface area contributed by atoms with Crippen LogP contribution in [0.2, 0.25) is 0 Å². The lowest BCUT2D eigenvalue weighted by Crippen LogP contribution is -2.47. The van der Waals surface area contributed by atoms with Crippen molar-refractivity contribution in [1.29, 1.82) is 0 Å². The average molecular weight is 171 g/mol. The van der Waals surface area contributed by atoms with Crippen LogP contribution in [0.25, 0.3) is 0 Å². The first-order chi connectivity index (χ1) is 5.52. The summed E-state index contributed by atoms with van der Waals surface area (Å²) in [6.45, 7) is 3.87. The fraction of sp³-hybridized carbons (Fsp3) is 0.750. The van der Waals surface area contributed by atoms with Crippen LogP contribution in [0.1, 0.15) is 20.3 Å². The Morgan fingerprint density at radius 2 is 2.17 bits per heavy atom. The van der Waals surface area contributed by atoms with E-state index in [0.29, 0.717) is 13.0 Å². The summed E-state index contributed by atoms with van der Waals surface area (Å²) in [6, 6.07) is -0.161. The second-order valence-electron chi connectivity index (χ2n) is 3.36. The molecule has 0 bridgehead atoms. The van der Waals surface area contributed by atoms with Crippen LogP contribution in [0, 0.1) is 5.92 Å². The van der Waals surface area contributed by atoms with Crippen molar-refractivity contribution in [2.75, 3.05) is 6.54 Å². The Hall–Kier alpha value is -1.06. The molecule has 0 radical (unpaired) electrons. The van der Waals surface area contributed by atoms with Gasteiger partial charge in [-0.2, -0.15) is 0 Å². The number of amides is 1. The topological polar surface area (TPSA) is 57.6 Å². The number of likely N-dealkylation sites (tertiary alicyclic amines) is 1. The van der Waals surface area contributed by atoms with Crippen LogP contribution in [0.3, 0.4) is 0 Å². The third-order valence-electron chi connectivity index (χ3n) is 2.29. The van der Waals surface area contributed by atoms with E-state index in [2.05, 4.69) is 0 Å². The lowest BCUT2D eigenvalue weighted by Gasteiger charge is -2.33. The first kappa shape index (κ1) is 9.03. The van der Waals surface area contributed by atoms with Crippen molar-refractivity contribution in [1.82, 2.24) is 4.90 Å².